The summed E-state index contributed by atoms with van der Waals surface area (Å²) in [6.07, 6.45) is 8.36. The molecular weight excluding hydrogens is 474 g/mol. The number of carboxylic acids is 1. The highest BCUT2D eigenvalue weighted by atomic mass is 32.2. The number of aliphatic carboxylic acids is 1. The van der Waals surface area contributed by atoms with Crippen LogP contribution < -0.4 is 27.0 Å². The number of rotatable bonds is 16. The summed E-state index contributed by atoms with van der Waals surface area (Å²) >= 11 is 1.55. The number of nitrogens with zero attached hydrogens (tertiary/aromatic N) is 1. The van der Waals surface area contributed by atoms with Crippen molar-refractivity contribution in [2.75, 3.05) is 25.1 Å². The average molecular weight is 512 g/mol. The van der Waals surface area contributed by atoms with Gasteiger partial charge in [-0.2, -0.15) is 11.8 Å². The molecule has 1 aliphatic heterocycles. The van der Waals surface area contributed by atoms with Gasteiger partial charge in [0.1, 0.15) is 18.1 Å². The fourth-order valence-electron chi connectivity index (χ4n) is 3.81. The highest BCUT2D eigenvalue weighted by molar-refractivity contribution is 7.98. The molecular formula is C22H37N7O5S. The van der Waals surface area contributed by atoms with Crippen molar-refractivity contribution in [1.82, 2.24) is 31.2 Å². The molecule has 2 rings (SSSR count). The van der Waals surface area contributed by atoms with E-state index in [0.29, 0.717) is 50.1 Å². The van der Waals surface area contributed by atoms with Gasteiger partial charge in [-0.25, -0.2) is 9.78 Å². The van der Waals surface area contributed by atoms with Crippen LogP contribution in [0.2, 0.25) is 0 Å². The number of hydrogen-bond acceptors (Lipinski definition) is 8. The summed E-state index contributed by atoms with van der Waals surface area (Å²) in [4.78, 5) is 57.2. The molecule has 0 aromatic carbocycles. The second-order valence-electron chi connectivity index (χ2n) is 8.52. The van der Waals surface area contributed by atoms with Gasteiger partial charge in [0.15, 0.2) is 0 Å². The van der Waals surface area contributed by atoms with E-state index in [2.05, 4.69) is 31.2 Å². The number of hydrogen-bond donors (Lipinski definition) is 7. The van der Waals surface area contributed by atoms with Crippen LogP contribution in [0.3, 0.4) is 0 Å². The summed E-state index contributed by atoms with van der Waals surface area (Å²) in [5, 5.41) is 20.8. The molecule has 1 aliphatic rings. The minimum absolute atomic E-state index is 0.0192. The third kappa shape index (κ3) is 9.86. The van der Waals surface area contributed by atoms with Crippen LogP contribution in [-0.2, 0) is 25.6 Å². The lowest BCUT2D eigenvalue weighted by molar-refractivity contribution is -0.142. The van der Waals surface area contributed by atoms with Crippen LogP contribution in [0.1, 0.15) is 44.2 Å². The highest BCUT2D eigenvalue weighted by Gasteiger charge is 2.31. The number of imidazole rings is 1. The van der Waals surface area contributed by atoms with Gasteiger partial charge in [0.25, 0.3) is 0 Å². The molecule has 0 saturated carbocycles. The van der Waals surface area contributed by atoms with E-state index in [4.69, 9.17) is 5.73 Å². The van der Waals surface area contributed by atoms with Crippen molar-refractivity contribution in [3.8, 4) is 0 Å². The summed E-state index contributed by atoms with van der Waals surface area (Å²) < 4.78 is 0. The van der Waals surface area contributed by atoms with Crippen molar-refractivity contribution in [2.24, 2.45) is 5.73 Å². The number of carbonyl (C=O) groups excluding carboxylic acids is 3. The van der Waals surface area contributed by atoms with Crippen LogP contribution in [0, 0.1) is 0 Å². The molecule has 0 aliphatic carbocycles. The number of aromatic amines is 1. The minimum atomic E-state index is -1.20. The van der Waals surface area contributed by atoms with Gasteiger partial charge in [0.2, 0.25) is 17.7 Å². The van der Waals surface area contributed by atoms with Gasteiger partial charge >= 0.3 is 5.97 Å². The fraction of sp³-hybridized carbons (Fsp3) is 0.682. The number of unbranched alkanes of at least 4 members (excludes halogenated alkanes) is 1. The molecule has 13 heteroatoms. The third-order valence-electron chi connectivity index (χ3n) is 5.79. The second kappa shape index (κ2) is 15.4. The van der Waals surface area contributed by atoms with Gasteiger partial charge in [-0.15, -0.1) is 0 Å². The lowest BCUT2D eigenvalue weighted by Gasteiger charge is -2.25. The molecule has 196 valence electrons. The number of thioether (sulfide) groups is 1. The Morgan fingerprint density at radius 2 is 1.86 bits per heavy atom. The Kier molecular flexibility index (Phi) is 12.6. The predicted molar refractivity (Wildman–Crippen MR) is 133 cm³/mol. The first-order chi connectivity index (χ1) is 16.8. The number of nitrogens with one attached hydrogen (secondary N) is 5. The quantitative estimate of drug-likeness (QED) is 0.138. The van der Waals surface area contributed by atoms with E-state index in [0.717, 1.165) is 13.0 Å². The number of amides is 3. The van der Waals surface area contributed by atoms with Crippen molar-refractivity contribution in [2.45, 2.75) is 69.1 Å². The van der Waals surface area contributed by atoms with E-state index < -0.39 is 35.9 Å². The Balaban J connectivity index is 2.07. The van der Waals surface area contributed by atoms with E-state index >= 15 is 0 Å². The molecule has 3 amide bonds. The van der Waals surface area contributed by atoms with Crippen LogP contribution in [0.25, 0.3) is 0 Å². The molecule has 0 radical (unpaired) electrons. The topological polar surface area (TPSA) is 191 Å². The first-order valence-electron chi connectivity index (χ1n) is 11.9. The third-order valence-corrected chi connectivity index (χ3v) is 6.44. The molecule has 35 heavy (non-hydrogen) atoms. The molecule has 12 nitrogen and oxygen atoms in total. The summed E-state index contributed by atoms with van der Waals surface area (Å²) in [7, 11) is 0. The summed E-state index contributed by atoms with van der Waals surface area (Å²) in [5.74, 6) is -1.87. The number of H-pyrrole nitrogens is 1. The van der Waals surface area contributed by atoms with Crippen LogP contribution in [0.15, 0.2) is 12.5 Å². The van der Waals surface area contributed by atoms with E-state index in [1.165, 1.54) is 12.5 Å². The summed E-state index contributed by atoms with van der Waals surface area (Å²) in [6.45, 7) is 1.19. The van der Waals surface area contributed by atoms with Gasteiger partial charge in [-0.3, -0.25) is 14.4 Å². The zero-order valence-corrected chi connectivity index (χ0v) is 20.9. The first kappa shape index (κ1) is 28.6. The maximum Gasteiger partial charge on any atom is 0.326 e. The van der Waals surface area contributed by atoms with Gasteiger partial charge < -0.3 is 37.1 Å². The van der Waals surface area contributed by atoms with Crippen LogP contribution in [-0.4, -0.2) is 88.0 Å². The predicted octanol–water partition coefficient (Wildman–Crippen LogP) is -0.875. The highest BCUT2D eigenvalue weighted by Crippen LogP contribution is 2.09. The molecule has 1 aromatic rings. The van der Waals surface area contributed by atoms with Crippen molar-refractivity contribution >= 4 is 35.5 Å². The van der Waals surface area contributed by atoms with E-state index in [9.17, 15) is 24.3 Å². The smallest absolute Gasteiger partial charge is 0.326 e. The maximum absolute atomic E-state index is 13.1. The van der Waals surface area contributed by atoms with Gasteiger partial charge in [0, 0.05) is 18.3 Å². The molecule has 1 aromatic heterocycles. The van der Waals surface area contributed by atoms with Gasteiger partial charge in [-0.1, -0.05) is 0 Å². The fourth-order valence-corrected chi connectivity index (χ4v) is 4.28. The number of nitrogens with two attached hydrogens (primary N) is 1. The Bertz CT molecular complexity index is 817. The monoisotopic (exact) mass is 511 g/mol. The standard InChI is InChI=1S/C22H37N7O5S/c1-35-10-7-17(28-19(30)15-6-4-9-25-15)21(32)27-16(5-2-3-8-23)20(31)29-18(22(33)34)11-14-12-24-13-26-14/h12-13,15-18,25H,2-11,23H2,1H3,(H,24,26)(H,27,32)(H,28,30)(H,29,31)(H,33,34). The summed E-state index contributed by atoms with van der Waals surface area (Å²) in [6, 6.07) is -3.29. The number of carbonyl (C=O) groups is 4. The number of aromatic nitrogens is 2. The molecule has 8 N–H and O–H groups in total. The van der Waals surface area contributed by atoms with Crippen molar-refractivity contribution in [1.29, 1.82) is 0 Å². The van der Waals surface area contributed by atoms with Crippen molar-refractivity contribution in [3.05, 3.63) is 18.2 Å². The molecule has 0 bridgehead atoms. The Labute approximate surface area is 209 Å². The van der Waals surface area contributed by atoms with Gasteiger partial charge in [-0.05, 0) is 63.6 Å². The van der Waals surface area contributed by atoms with E-state index in [-0.39, 0.29) is 18.4 Å². The average Bonchev–Trinajstić information content (AvgIpc) is 3.55. The second-order valence-corrected chi connectivity index (χ2v) is 9.50. The van der Waals surface area contributed by atoms with Gasteiger partial charge in [0.05, 0.1) is 12.4 Å². The molecule has 0 spiro atoms. The zero-order valence-electron chi connectivity index (χ0n) is 20.0. The molecule has 4 unspecified atom stereocenters. The SMILES string of the molecule is CSCCC(NC(=O)C1CCCN1)C(=O)NC(CCCCN)C(=O)NC(Cc1cnc[nH]1)C(=O)O. The number of carboxylic acid groups (broad SMARTS) is 1. The van der Waals surface area contributed by atoms with Crippen LogP contribution >= 0.6 is 11.8 Å². The van der Waals surface area contributed by atoms with E-state index in [1.807, 2.05) is 6.26 Å². The van der Waals surface area contributed by atoms with Crippen molar-refractivity contribution < 1.29 is 24.3 Å². The maximum atomic E-state index is 13.1. The molecule has 1 fully saturated rings. The normalized spacial score (nSPS) is 17.8. The van der Waals surface area contributed by atoms with Crippen LogP contribution in [0.5, 0.6) is 0 Å². The Hall–Kier alpha value is -2.64. The molecule has 1 saturated heterocycles. The zero-order chi connectivity index (χ0) is 25.6. The Morgan fingerprint density at radius 3 is 2.43 bits per heavy atom. The van der Waals surface area contributed by atoms with E-state index in [1.54, 1.807) is 11.8 Å². The van der Waals surface area contributed by atoms with Crippen LogP contribution in [0.4, 0.5) is 0 Å². The lowest BCUT2D eigenvalue weighted by atomic mass is 10.1. The largest absolute Gasteiger partial charge is 0.480 e. The van der Waals surface area contributed by atoms with Crippen molar-refractivity contribution in [3.63, 3.8) is 0 Å². The first-order valence-corrected chi connectivity index (χ1v) is 13.3. The lowest BCUT2D eigenvalue weighted by Crippen LogP contribution is -2.57. The molecule has 2 heterocycles. The minimum Gasteiger partial charge on any atom is -0.480 e. The summed E-state index contributed by atoms with van der Waals surface area (Å²) in [5.41, 5.74) is 6.13. The molecule has 4 atom stereocenters. The Morgan fingerprint density at radius 1 is 1.14 bits per heavy atom.